The van der Waals surface area contributed by atoms with Gasteiger partial charge in [0.2, 0.25) is 0 Å². The summed E-state index contributed by atoms with van der Waals surface area (Å²) in [5, 5.41) is 6.87. The monoisotopic (exact) mass is 212 g/mol. The molecule has 1 aliphatic rings. The average molecular weight is 212 g/mol. The molecule has 0 amide bonds. The minimum absolute atomic E-state index is 0.581. The molecule has 0 bridgehead atoms. The summed E-state index contributed by atoms with van der Waals surface area (Å²) in [4.78, 5) is 0. The zero-order valence-electron chi connectivity index (χ0n) is 10.7. The van der Waals surface area contributed by atoms with E-state index in [-0.39, 0.29) is 0 Å². The van der Waals surface area contributed by atoms with E-state index in [1.165, 1.54) is 38.6 Å². The van der Waals surface area contributed by atoms with Crippen molar-refractivity contribution < 1.29 is 0 Å². The molecule has 0 saturated heterocycles. The molecular weight excluding hydrogens is 184 g/mol. The lowest BCUT2D eigenvalue weighted by molar-refractivity contribution is 0.205. The van der Waals surface area contributed by atoms with Crippen LogP contribution in [0.2, 0.25) is 0 Å². The Labute approximate surface area is 95.2 Å². The van der Waals surface area contributed by atoms with Gasteiger partial charge in [-0.15, -0.1) is 0 Å². The Kier molecular flexibility index (Phi) is 5.62. The van der Waals surface area contributed by atoms with Gasteiger partial charge < -0.3 is 10.6 Å². The summed E-state index contributed by atoms with van der Waals surface area (Å²) in [6.07, 6.45) is 7.15. The Hall–Kier alpha value is -0.0800. The van der Waals surface area contributed by atoms with E-state index < -0.39 is 0 Å². The Balaban J connectivity index is 2.12. The van der Waals surface area contributed by atoms with Crippen LogP contribution < -0.4 is 10.6 Å². The predicted octanol–water partition coefficient (Wildman–Crippen LogP) is 2.40. The first-order chi connectivity index (χ1) is 7.16. The third-order valence-corrected chi connectivity index (χ3v) is 3.66. The smallest absolute Gasteiger partial charge is 0.000528 e. The van der Waals surface area contributed by atoms with Gasteiger partial charge in [0.25, 0.3) is 0 Å². The van der Waals surface area contributed by atoms with Crippen molar-refractivity contribution in [1.29, 1.82) is 0 Å². The third-order valence-electron chi connectivity index (χ3n) is 3.66. The molecule has 2 nitrogen and oxygen atoms in total. The standard InChI is InChI=1S/C13H28N2/c1-12(9-14-3)10-15-11-13(2)7-5-4-6-8-13/h12,14-15H,4-11H2,1-3H3. The highest BCUT2D eigenvalue weighted by molar-refractivity contribution is 4.80. The molecule has 15 heavy (non-hydrogen) atoms. The van der Waals surface area contributed by atoms with Crippen LogP contribution in [0.3, 0.4) is 0 Å². The van der Waals surface area contributed by atoms with Crippen LogP contribution in [-0.4, -0.2) is 26.7 Å². The molecule has 0 heterocycles. The molecule has 1 fully saturated rings. The first-order valence-corrected chi connectivity index (χ1v) is 6.52. The number of hydrogen-bond acceptors (Lipinski definition) is 2. The molecule has 0 aliphatic heterocycles. The lowest BCUT2D eigenvalue weighted by atomic mass is 9.76. The van der Waals surface area contributed by atoms with Crippen molar-refractivity contribution in [3.05, 3.63) is 0 Å². The van der Waals surface area contributed by atoms with Crippen LogP contribution in [0.4, 0.5) is 0 Å². The molecule has 2 heteroatoms. The lowest BCUT2D eigenvalue weighted by Gasteiger charge is -2.34. The fraction of sp³-hybridized carbons (Fsp3) is 1.00. The van der Waals surface area contributed by atoms with Gasteiger partial charge in [0, 0.05) is 6.54 Å². The molecule has 1 rings (SSSR count). The maximum absolute atomic E-state index is 3.64. The van der Waals surface area contributed by atoms with Gasteiger partial charge in [0.1, 0.15) is 0 Å². The molecule has 0 aromatic rings. The van der Waals surface area contributed by atoms with Gasteiger partial charge in [0.15, 0.2) is 0 Å². The van der Waals surface area contributed by atoms with Gasteiger partial charge in [-0.1, -0.05) is 33.1 Å². The van der Waals surface area contributed by atoms with E-state index in [0.29, 0.717) is 5.41 Å². The zero-order valence-corrected chi connectivity index (χ0v) is 10.7. The number of nitrogens with one attached hydrogen (secondary N) is 2. The van der Waals surface area contributed by atoms with Crippen molar-refractivity contribution in [3.8, 4) is 0 Å². The third kappa shape index (κ3) is 4.98. The van der Waals surface area contributed by atoms with E-state index in [2.05, 4.69) is 24.5 Å². The van der Waals surface area contributed by atoms with Gasteiger partial charge in [-0.3, -0.25) is 0 Å². The van der Waals surface area contributed by atoms with Gasteiger partial charge in [-0.25, -0.2) is 0 Å². The topological polar surface area (TPSA) is 24.1 Å². The highest BCUT2D eigenvalue weighted by atomic mass is 14.9. The van der Waals surface area contributed by atoms with Crippen molar-refractivity contribution in [3.63, 3.8) is 0 Å². The van der Waals surface area contributed by atoms with Gasteiger partial charge in [0.05, 0.1) is 0 Å². The molecule has 1 unspecified atom stereocenters. The Morgan fingerprint density at radius 2 is 1.80 bits per heavy atom. The van der Waals surface area contributed by atoms with Crippen LogP contribution in [0.15, 0.2) is 0 Å². The van der Waals surface area contributed by atoms with Crippen LogP contribution in [0.1, 0.15) is 46.0 Å². The summed E-state index contributed by atoms with van der Waals surface area (Å²) in [6.45, 7) is 8.22. The summed E-state index contributed by atoms with van der Waals surface area (Å²) in [6, 6.07) is 0. The summed E-state index contributed by atoms with van der Waals surface area (Å²) < 4.78 is 0. The molecule has 90 valence electrons. The normalized spacial score (nSPS) is 22.6. The van der Waals surface area contributed by atoms with Crippen LogP contribution in [0.5, 0.6) is 0 Å². The van der Waals surface area contributed by atoms with E-state index in [9.17, 15) is 0 Å². The summed E-state index contributed by atoms with van der Waals surface area (Å²) in [5.74, 6) is 0.738. The molecule has 1 saturated carbocycles. The van der Waals surface area contributed by atoms with Crippen molar-refractivity contribution in [2.24, 2.45) is 11.3 Å². The second-order valence-corrected chi connectivity index (χ2v) is 5.67. The Bertz CT molecular complexity index is 162. The van der Waals surface area contributed by atoms with E-state index in [1.54, 1.807) is 0 Å². The maximum atomic E-state index is 3.64. The molecule has 0 spiro atoms. The minimum Gasteiger partial charge on any atom is -0.319 e. The summed E-state index contributed by atoms with van der Waals surface area (Å²) in [5.41, 5.74) is 0.581. The van der Waals surface area contributed by atoms with E-state index in [1.807, 2.05) is 7.05 Å². The predicted molar refractivity (Wildman–Crippen MR) is 67.2 cm³/mol. The van der Waals surface area contributed by atoms with Gasteiger partial charge >= 0.3 is 0 Å². The summed E-state index contributed by atoms with van der Waals surface area (Å²) in [7, 11) is 2.03. The second kappa shape index (κ2) is 6.49. The largest absolute Gasteiger partial charge is 0.319 e. The fourth-order valence-corrected chi connectivity index (χ4v) is 2.62. The highest BCUT2D eigenvalue weighted by Crippen LogP contribution is 2.34. The van der Waals surface area contributed by atoms with Crippen molar-refractivity contribution in [1.82, 2.24) is 10.6 Å². The molecule has 0 aromatic heterocycles. The van der Waals surface area contributed by atoms with Crippen molar-refractivity contribution in [2.45, 2.75) is 46.0 Å². The highest BCUT2D eigenvalue weighted by Gasteiger charge is 2.26. The van der Waals surface area contributed by atoms with Gasteiger partial charge in [-0.05, 0) is 44.3 Å². The first kappa shape index (κ1) is 13.0. The van der Waals surface area contributed by atoms with Crippen LogP contribution >= 0.6 is 0 Å². The average Bonchev–Trinajstić information content (AvgIpc) is 2.19. The molecule has 0 radical (unpaired) electrons. The Morgan fingerprint density at radius 3 is 2.40 bits per heavy atom. The minimum atomic E-state index is 0.581. The molecule has 1 aliphatic carbocycles. The van der Waals surface area contributed by atoms with Crippen LogP contribution in [0.25, 0.3) is 0 Å². The van der Waals surface area contributed by atoms with Crippen molar-refractivity contribution in [2.75, 3.05) is 26.7 Å². The number of hydrogen-bond donors (Lipinski definition) is 2. The molecular formula is C13H28N2. The molecule has 2 N–H and O–H groups in total. The fourth-order valence-electron chi connectivity index (χ4n) is 2.62. The van der Waals surface area contributed by atoms with Crippen LogP contribution in [0, 0.1) is 11.3 Å². The quantitative estimate of drug-likeness (QED) is 0.706. The lowest BCUT2D eigenvalue weighted by Crippen LogP contribution is -2.37. The second-order valence-electron chi connectivity index (χ2n) is 5.67. The van der Waals surface area contributed by atoms with Crippen LogP contribution in [-0.2, 0) is 0 Å². The van der Waals surface area contributed by atoms with Gasteiger partial charge in [-0.2, -0.15) is 0 Å². The van der Waals surface area contributed by atoms with Crippen molar-refractivity contribution >= 4 is 0 Å². The number of rotatable bonds is 6. The summed E-state index contributed by atoms with van der Waals surface area (Å²) >= 11 is 0. The van der Waals surface area contributed by atoms with E-state index in [0.717, 1.165) is 19.0 Å². The first-order valence-electron chi connectivity index (χ1n) is 6.52. The Morgan fingerprint density at radius 1 is 1.13 bits per heavy atom. The molecule has 1 atom stereocenters. The van der Waals surface area contributed by atoms with E-state index in [4.69, 9.17) is 0 Å². The molecule has 0 aromatic carbocycles. The zero-order chi connectivity index (χ0) is 11.1. The van der Waals surface area contributed by atoms with E-state index >= 15 is 0 Å². The maximum Gasteiger partial charge on any atom is 0.000528 e. The SMILES string of the molecule is CNCC(C)CNCC1(C)CCCCC1.